The van der Waals surface area contributed by atoms with Crippen LogP contribution in [0.2, 0.25) is 0 Å². The predicted molar refractivity (Wildman–Crippen MR) is 49.4 cm³/mol. The number of hydrogen-bond acceptors (Lipinski definition) is 1. The maximum absolute atomic E-state index is 9.77. The van der Waals surface area contributed by atoms with Crippen LogP contribution in [0.3, 0.4) is 0 Å². The van der Waals surface area contributed by atoms with Gasteiger partial charge < -0.3 is 5.11 Å². The molecule has 12 heavy (non-hydrogen) atoms. The molecule has 2 rings (SSSR count). The van der Waals surface area contributed by atoms with Crippen LogP contribution < -0.4 is 0 Å². The number of aryl methyl sites for hydroxylation is 1. The number of phenols is 1. The van der Waals surface area contributed by atoms with Crippen molar-refractivity contribution in [1.82, 2.24) is 0 Å². The smallest absolute Gasteiger partial charge is 0.122 e. The minimum absolute atomic E-state index is 0.274. The van der Waals surface area contributed by atoms with Gasteiger partial charge in [-0.05, 0) is 30.7 Å². The molecule has 1 fully saturated rings. The van der Waals surface area contributed by atoms with E-state index >= 15 is 0 Å². The summed E-state index contributed by atoms with van der Waals surface area (Å²) in [4.78, 5) is 0. The van der Waals surface area contributed by atoms with Crippen LogP contribution in [0.25, 0.3) is 0 Å². The average molecular weight is 162 g/mol. The van der Waals surface area contributed by atoms with Crippen LogP contribution in [0.1, 0.15) is 30.9 Å². The van der Waals surface area contributed by atoms with E-state index in [9.17, 15) is 5.11 Å². The van der Waals surface area contributed by atoms with E-state index in [2.05, 4.69) is 6.92 Å². The molecule has 0 unspecified atom stereocenters. The first kappa shape index (κ1) is 7.66. The third kappa shape index (κ3) is 1.01. The summed E-state index contributed by atoms with van der Waals surface area (Å²) < 4.78 is 0. The van der Waals surface area contributed by atoms with Crippen LogP contribution in [0, 0.1) is 6.92 Å². The molecular weight excluding hydrogens is 148 g/mol. The Morgan fingerprint density at radius 3 is 2.58 bits per heavy atom. The Balaban J connectivity index is 2.51. The Hall–Kier alpha value is -0.980. The molecular formula is C11H14O. The van der Waals surface area contributed by atoms with Crippen molar-refractivity contribution >= 4 is 0 Å². The number of benzene rings is 1. The highest BCUT2D eigenvalue weighted by Crippen LogP contribution is 2.50. The highest BCUT2D eigenvalue weighted by Gasteiger charge is 2.40. The molecule has 1 heteroatoms. The topological polar surface area (TPSA) is 20.2 Å². The van der Waals surface area contributed by atoms with Gasteiger partial charge in [0.15, 0.2) is 0 Å². The quantitative estimate of drug-likeness (QED) is 0.673. The van der Waals surface area contributed by atoms with Crippen molar-refractivity contribution in [2.24, 2.45) is 0 Å². The third-order valence-electron chi connectivity index (χ3n) is 2.89. The Labute approximate surface area is 73.0 Å². The second-order valence-electron chi connectivity index (χ2n) is 4.03. The highest BCUT2D eigenvalue weighted by atomic mass is 16.3. The number of aromatic hydroxyl groups is 1. The van der Waals surface area contributed by atoms with Crippen LogP contribution in [0.4, 0.5) is 0 Å². The zero-order valence-corrected chi connectivity index (χ0v) is 7.59. The van der Waals surface area contributed by atoms with Crippen molar-refractivity contribution < 1.29 is 5.11 Å². The zero-order valence-electron chi connectivity index (χ0n) is 7.59. The van der Waals surface area contributed by atoms with Gasteiger partial charge in [0.1, 0.15) is 5.75 Å². The molecule has 1 N–H and O–H groups in total. The molecule has 1 aliphatic carbocycles. The lowest BCUT2D eigenvalue weighted by Gasteiger charge is -2.12. The Bertz CT molecular complexity index is 311. The van der Waals surface area contributed by atoms with E-state index in [1.54, 1.807) is 0 Å². The van der Waals surface area contributed by atoms with Crippen LogP contribution in [-0.2, 0) is 5.41 Å². The number of phenolic OH excluding ortho intramolecular Hbond substituents is 1. The minimum atomic E-state index is 0.274. The third-order valence-corrected chi connectivity index (χ3v) is 2.89. The first-order valence-electron chi connectivity index (χ1n) is 4.42. The lowest BCUT2D eigenvalue weighted by atomic mass is 9.95. The maximum Gasteiger partial charge on any atom is 0.122 e. The lowest BCUT2D eigenvalue weighted by molar-refractivity contribution is 0.457. The van der Waals surface area contributed by atoms with Crippen LogP contribution in [0.5, 0.6) is 5.75 Å². The Morgan fingerprint density at radius 1 is 1.33 bits per heavy atom. The molecule has 0 saturated heterocycles. The molecule has 0 aromatic heterocycles. The summed E-state index contributed by atoms with van der Waals surface area (Å²) in [5.41, 5.74) is 2.39. The van der Waals surface area contributed by atoms with Gasteiger partial charge in [0, 0.05) is 5.56 Å². The number of rotatable bonds is 1. The summed E-state index contributed by atoms with van der Waals surface area (Å²) in [6.07, 6.45) is 2.42. The van der Waals surface area contributed by atoms with Gasteiger partial charge in [-0.2, -0.15) is 0 Å². The molecule has 0 bridgehead atoms. The van der Waals surface area contributed by atoms with E-state index < -0.39 is 0 Å². The minimum Gasteiger partial charge on any atom is -0.507 e. The van der Waals surface area contributed by atoms with Gasteiger partial charge in [0.2, 0.25) is 0 Å². The van der Waals surface area contributed by atoms with E-state index in [0.29, 0.717) is 5.75 Å². The fraction of sp³-hybridized carbons (Fsp3) is 0.455. The van der Waals surface area contributed by atoms with Gasteiger partial charge in [0.25, 0.3) is 0 Å². The molecule has 1 saturated carbocycles. The first-order valence-corrected chi connectivity index (χ1v) is 4.42. The van der Waals surface area contributed by atoms with Gasteiger partial charge in [0.05, 0.1) is 0 Å². The van der Waals surface area contributed by atoms with E-state index in [1.165, 1.54) is 12.8 Å². The summed E-state index contributed by atoms with van der Waals surface area (Å²) in [6.45, 7) is 4.16. The molecule has 64 valence electrons. The Morgan fingerprint density at radius 2 is 2.00 bits per heavy atom. The predicted octanol–water partition coefficient (Wildman–Crippen LogP) is 2.75. The van der Waals surface area contributed by atoms with Gasteiger partial charge in [-0.3, -0.25) is 0 Å². The van der Waals surface area contributed by atoms with E-state index in [1.807, 2.05) is 25.1 Å². The summed E-state index contributed by atoms with van der Waals surface area (Å²) >= 11 is 0. The van der Waals surface area contributed by atoms with E-state index in [-0.39, 0.29) is 5.41 Å². The first-order chi connectivity index (χ1) is 5.63. The van der Waals surface area contributed by atoms with Gasteiger partial charge in [-0.1, -0.05) is 25.1 Å². The molecule has 0 spiro atoms. The Kier molecular flexibility index (Phi) is 1.44. The number of para-hydroxylation sites is 1. The maximum atomic E-state index is 9.77. The molecule has 1 aliphatic rings. The van der Waals surface area contributed by atoms with Crippen molar-refractivity contribution in [3.63, 3.8) is 0 Å². The van der Waals surface area contributed by atoms with Crippen molar-refractivity contribution in [2.75, 3.05) is 0 Å². The summed E-state index contributed by atoms with van der Waals surface area (Å²) in [6, 6.07) is 6.01. The second-order valence-corrected chi connectivity index (χ2v) is 4.03. The molecule has 1 aromatic carbocycles. The van der Waals surface area contributed by atoms with Gasteiger partial charge in [-0.25, -0.2) is 0 Å². The molecule has 0 heterocycles. The molecule has 1 nitrogen and oxygen atoms in total. The van der Waals surface area contributed by atoms with Crippen molar-refractivity contribution in [3.8, 4) is 5.75 Å². The molecule has 0 atom stereocenters. The molecule has 0 aliphatic heterocycles. The van der Waals surface area contributed by atoms with Crippen molar-refractivity contribution in [2.45, 2.75) is 32.1 Å². The summed E-state index contributed by atoms with van der Waals surface area (Å²) in [5.74, 6) is 0.498. The standard InChI is InChI=1S/C11H14O/c1-8-4-3-5-9(10(8)12)11(2)6-7-11/h3-5,12H,6-7H2,1-2H3. The highest BCUT2D eigenvalue weighted by molar-refractivity contribution is 5.46. The zero-order chi connectivity index (χ0) is 8.77. The summed E-state index contributed by atoms with van der Waals surface area (Å²) in [7, 11) is 0. The average Bonchev–Trinajstić information content (AvgIpc) is 2.75. The molecule has 0 amide bonds. The van der Waals surface area contributed by atoms with E-state index in [0.717, 1.165) is 11.1 Å². The van der Waals surface area contributed by atoms with Crippen molar-refractivity contribution in [1.29, 1.82) is 0 Å². The normalized spacial score (nSPS) is 19.2. The number of hydrogen-bond donors (Lipinski definition) is 1. The molecule has 1 aromatic rings. The molecule has 0 radical (unpaired) electrons. The largest absolute Gasteiger partial charge is 0.507 e. The van der Waals surface area contributed by atoms with Crippen molar-refractivity contribution in [3.05, 3.63) is 29.3 Å². The lowest BCUT2D eigenvalue weighted by Crippen LogP contribution is -2.00. The van der Waals surface area contributed by atoms with Crippen LogP contribution in [0.15, 0.2) is 18.2 Å². The summed E-state index contributed by atoms with van der Waals surface area (Å²) in [5, 5.41) is 9.77. The monoisotopic (exact) mass is 162 g/mol. The fourth-order valence-corrected chi connectivity index (χ4v) is 1.60. The van der Waals surface area contributed by atoms with Crippen LogP contribution >= 0.6 is 0 Å². The van der Waals surface area contributed by atoms with Crippen LogP contribution in [-0.4, -0.2) is 5.11 Å². The van der Waals surface area contributed by atoms with Gasteiger partial charge in [-0.15, -0.1) is 0 Å². The second kappa shape index (κ2) is 2.25. The van der Waals surface area contributed by atoms with Gasteiger partial charge >= 0.3 is 0 Å². The SMILES string of the molecule is Cc1cccc(C2(C)CC2)c1O. The fourth-order valence-electron chi connectivity index (χ4n) is 1.60. The van der Waals surface area contributed by atoms with E-state index in [4.69, 9.17) is 0 Å².